The Bertz CT molecular complexity index is 1370. The molecule has 0 saturated carbocycles. The molecule has 12 nitrogen and oxygen atoms in total. The predicted molar refractivity (Wildman–Crippen MR) is 129 cm³/mol. The Morgan fingerprint density at radius 1 is 1.23 bits per heavy atom. The Labute approximate surface area is 203 Å². The SMILES string of the molecule is CC(C)N1Cc2cc(N(C)C)c(C(=O)Nc3cccc(-c4nnnn4[C@H](C)CO)n3)cc2S1(=O)=O. The van der Waals surface area contributed by atoms with Crippen LogP contribution in [0.3, 0.4) is 0 Å². The number of nitrogens with one attached hydrogen (secondary N) is 1. The van der Waals surface area contributed by atoms with Crippen LogP contribution >= 0.6 is 0 Å². The number of tetrazole rings is 1. The van der Waals surface area contributed by atoms with Gasteiger partial charge in [-0.3, -0.25) is 4.79 Å². The van der Waals surface area contributed by atoms with Crippen molar-refractivity contribution in [2.45, 2.75) is 44.3 Å². The molecule has 0 spiro atoms. The first-order valence-corrected chi connectivity index (χ1v) is 12.5. The molecule has 1 aliphatic heterocycles. The minimum atomic E-state index is -3.69. The number of aromatic nitrogens is 5. The zero-order chi connectivity index (χ0) is 25.5. The summed E-state index contributed by atoms with van der Waals surface area (Å²) in [7, 11) is -0.105. The van der Waals surface area contributed by atoms with Gasteiger partial charge < -0.3 is 15.3 Å². The molecule has 0 saturated heterocycles. The number of hydrogen-bond donors (Lipinski definition) is 2. The number of benzene rings is 1. The second-order valence-corrected chi connectivity index (χ2v) is 10.7. The molecule has 35 heavy (non-hydrogen) atoms. The monoisotopic (exact) mass is 500 g/mol. The van der Waals surface area contributed by atoms with Gasteiger partial charge in [0.1, 0.15) is 11.5 Å². The van der Waals surface area contributed by atoms with Crippen LogP contribution in [0.5, 0.6) is 0 Å². The number of aliphatic hydroxyl groups is 1. The molecular weight excluding hydrogens is 472 g/mol. The van der Waals surface area contributed by atoms with Gasteiger partial charge in [-0.05, 0) is 61.0 Å². The summed E-state index contributed by atoms with van der Waals surface area (Å²) in [6, 6.07) is 7.62. The lowest BCUT2D eigenvalue weighted by Crippen LogP contribution is -2.31. The second-order valence-electron chi connectivity index (χ2n) is 8.86. The van der Waals surface area contributed by atoms with Crippen molar-refractivity contribution < 1.29 is 18.3 Å². The van der Waals surface area contributed by atoms with Crippen molar-refractivity contribution in [1.82, 2.24) is 29.5 Å². The van der Waals surface area contributed by atoms with Crippen molar-refractivity contribution in [2.75, 3.05) is 30.9 Å². The van der Waals surface area contributed by atoms with Gasteiger partial charge >= 0.3 is 0 Å². The molecule has 3 aromatic rings. The minimum absolute atomic E-state index is 0.140. The number of pyridine rings is 1. The van der Waals surface area contributed by atoms with E-state index in [-0.39, 0.29) is 41.5 Å². The van der Waals surface area contributed by atoms with E-state index in [2.05, 4.69) is 25.8 Å². The van der Waals surface area contributed by atoms with Crippen LogP contribution in [-0.2, 0) is 16.6 Å². The van der Waals surface area contributed by atoms with Crippen molar-refractivity contribution >= 4 is 27.4 Å². The quantitative estimate of drug-likeness (QED) is 0.493. The van der Waals surface area contributed by atoms with E-state index in [4.69, 9.17) is 0 Å². The summed E-state index contributed by atoms with van der Waals surface area (Å²) in [5, 5.41) is 23.8. The standard InChI is InChI=1S/C22H28N8O4S/c1-13(2)29-11-15-9-18(28(4)5)16(10-19(15)35(29,33)34)22(32)24-20-8-6-7-17(23-20)21-25-26-27-30(21)14(3)12-31/h6-10,13-14,31H,11-12H2,1-5H3,(H,23,24,32)/t14-/m1/s1. The molecule has 0 bridgehead atoms. The van der Waals surface area contributed by atoms with Crippen LogP contribution in [0.15, 0.2) is 35.2 Å². The number of carbonyl (C=O) groups is 1. The molecule has 4 rings (SSSR count). The Balaban J connectivity index is 1.69. The van der Waals surface area contributed by atoms with Crippen LogP contribution in [0.1, 0.15) is 42.7 Å². The lowest BCUT2D eigenvalue weighted by molar-refractivity contribution is 0.102. The molecule has 1 aliphatic rings. The number of fused-ring (bicyclic) bond motifs is 1. The Hall–Kier alpha value is -3.42. The number of anilines is 2. The fraction of sp³-hybridized carbons (Fsp3) is 0.409. The summed E-state index contributed by atoms with van der Waals surface area (Å²) in [6.07, 6.45) is 0. The molecule has 2 N–H and O–H groups in total. The third-order valence-electron chi connectivity index (χ3n) is 5.79. The number of carbonyl (C=O) groups excluding carboxylic acids is 1. The Morgan fingerprint density at radius 2 is 1.97 bits per heavy atom. The van der Waals surface area contributed by atoms with E-state index < -0.39 is 15.9 Å². The zero-order valence-electron chi connectivity index (χ0n) is 20.2. The van der Waals surface area contributed by atoms with E-state index >= 15 is 0 Å². The number of rotatable bonds is 7. The summed E-state index contributed by atoms with van der Waals surface area (Å²) >= 11 is 0. The van der Waals surface area contributed by atoms with Gasteiger partial charge in [0.25, 0.3) is 5.91 Å². The minimum Gasteiger partial charge on any atom is -0.394 e. The molecule has 0 radical (unpaired) electrons. The summed E-state index contributed by atoms with van der Waals surface area (Å²) in [5.74, 6) is 0.0901. The van der Waals surface area contributed by atoms with Crippen LogP contribution in [0, 0.1) is 0 Å². The summed E-state index contributed by atoms with van der Waals surface area (Å²) in [4.78, 5) is 19.7. The zero-order valence-corrected chi connectivity index (χ0v) is 21.0. The van der Waals surface area contributed by atoms with Gasteiger partial charge in [0, 0.05) is 32.4 Å². The normalized spacial score (nSPS) is 15.7. The second kappa shape index (κ2) is 9.32. The van der Waals surface area contributed by atoms with E-state index in [1.54, 1.807) is 50.2 Å². The maximum Gasteiger partial charge on any atom is 0.258 e. The first-order chi connectivity index (χ1) is 16.5. The molecule has 0 aliphatic carbocycles. The molecule has 2 aromatic heterocycles. The predicted octanol–water partition coefficient (Wildman–Crippen LogP) is 1.52. The average molecular weight is 501 g/mol. The van der Waals surface area contributed by atoms with Crippen LogP contribution in [0.4, 0.5) is 11.5 Å². The van der Waals surface area contributed by atoms with E-state index in [0.717, 1.165) is 0 Å². The summed E-state index contributed by atoms with van der Waals surface area (Å²) < 4.78 is 29.0. The van der Waals surface area contributed by atoms with Gasteiger partial charge in [0.05, 0.1) is 23.1 Å². The lowest BCUT2D eigenvalue weighted by atomic mass is 10.1. The number of hydrogen-bond acceptors (Lipinski definition) is 9. The van der Waals surface area contributed by atoms with E-state index in [1.807, 2.05) is 13.8 Å². The lowest BCUT2D eigenvalue weighted by Gasteiger charge is -2.18. The highest BCUT2D eigenvalue weighted by molar-refractivity contribution is 7.89. The van der Waals surface area contributed by atoms with Gasteiger partial charge in [0.2, 0.25) is 15.8 Å². The largest absolute Gasteiger partial charge is 0.394 e. The molecular formula is C22H28N8O4S. The van der Waals surface area contributed by atoms with Crippen molar-refractivity contribution in [3.8, 4) is 11.5 Å². The molecule has 0 unspecified atom stereocenters. The highest BCUT2D eigenvalue weighted by Gasteiger charge is 2.38. The molecule has 0 fully saturated rings. The van der Waals surface area contributed by atoms with E-state index in [1.165, 1.54) is 15.1 Å². The van der Waals surface area contributed by atoms with E-state index in [9.17, 15) is 18.3 Å². The van der Waals surface area contributed by atoms with Gasteiger partial charge in [-0.15, -0.1) is 5.10 Å². The van der Waals surface area contributed by atoms with Crippen molar-refractivity contribution in [2.24, 2.45) is 0 Å². The highest BCUT2D eigenvalue weighted by atomic mass is 32.2. The van der Waals surface area contributed by atoms with Gasteiger partial charge in [0.15, 0.2) is 0 Å². The van der Waals surface area contributed by atoms with E-state index in [0.29, 0.717) is 22.8 Å². The number of aliphatic hydroxyl groups excluding tert-OH is 1. The first kappa shape index (κ1) is 24.7. The Kier molecular flexibility index (Phi) is 6.58. The van der Waals surface area contributed by atoms with Crippen LogP contribution in [-0.4, -0.2) is 75.7 Å². The topological polar surface area (TPSA) is 146 Å². The number of sulfonamides is 1. The summed E-state index contributed by atoms with van der Waals surface area (Å²) in [6.45, 7) is 5.51. The van der Waals surface area contributed by atoms with Crippen molar-refractivity contribution in [1.29, 1.82) is 0 Å². The molecule has 1 amide bonds. The van der Waals surface area contributed by atoms with Crippen molar-refractivity contribution in [3.63, 3.8) is 0 Å². The molecule has 1 atom stereocenters. The fourth-order valence-corrected chi connectivity index (χ4v) is 5.75. The van der Waals surface area contributed by atoms with Gasteiger partial charge in [-0.2, -0.15) is 4.31 Å². The van der Waals surface area contributed by atoms with Gasteiger partial charge in [-0.1, -0.05) is 6.07 Å². The van der Waals surface area contributed by atoms with Crippen LogP contribution in [0.25, 0.3) is 11.5 Å². The van der Waals surface area contributed by atoms with Crippen LogP contribution < -0.4 is 10.2 Å². The number of amides is 1. The summed E-state index contributed by atoms with van der Waals surface area (Å²) in [5.41, 5.74) is 1.88. The third kappa shape index (κ3) is 4.49. The number of nitrogens with zero attached hydrogens (tertiary/aromatic N) is 7. The fourth-order valence-electron chi connectivity index (χ4n) is 3.92. The highest BCUT2D eigenvalue weighted by Crippen LogP contribution is 2.36. The third-order valence-corrected chi connectivity index (χ3v) is 7.89. The first-order valence-electron chi connectivity index (χ1n) is 11.1. The van der Waals surface area contributed by atoms with Crippen molar-refractivity contribution in [3.05, 3.63) is 41.5 Å². The van der Waals surface area contributed by atoms with Gasteiger partial charge in [-0.25, -0.2) is 18.1 Å². The molecule has 186 valence electrons. The molecule has 13 heteroatoms. The molecule has 3 heterocycles. The maximum absolute atomic E-state index is 13.3. The smallest absolute Gasteiger partial charge is 0.258 e. The average Bonchev–Trinajstić information content (AvgIpc) is 3.40. The Morgan fingerprint density at radius 3 is 2.63 bits per heavy atom. The van der Waals surface area contributed by atoms with Crippen LogP contribution in [0.2, 0.25) is 0 Å². The molecule has 1 aromatic carbocycles. The maximum atomic E-state index is 13.3.